The van der Waals surface area contributed by atoms with Crippen LogP contribution in [0.4, 0.5) is 5.69 Å². The average Bonchev–Trinajstić information content (AvgIpc) is 2.54. The summed E-state index contributed by atoms with van der Waals surface area (Å²) in [5.41, 5.74) is 1.20. The fourth-order valence-corrected chi connectivity index (χ4v) is 2.81. The zero-order chi connectivity index (χ0) is 16.8. The monoisotopic (exact) mass is 348 g/mol. The molecule has 0 aromatic heterocycles. The standard InChI is InChI=1S/C17H17ClN2O2S/c1-20(17(22)12-6-5-7-13(18)10-12)11-16(21)19-14-8-3-4-9-15(14)23-2/h3-10H,11H2,1-2H3,(H,19,21). The van der Waals surface area contributed by atoms with Crippen molar-refractivity contribution in [1.29, 1.82) is 0 Å². The third-order valence-electron chi connectivity index (χ3n) is 3.18. The number of para-hydroxylation sites is 1. The van der Waals surface area contributed by atoms with Crippen LogP contribution in [0.2, 0.25) is 5.02 Å². The van der Waals surface area contributed by atoms with Gasteiger partial charge in [0.2, 0.25) is 5.91 Å². The van der Waals surface area contributed by atoms with Gasteiger partial charge in [-0.3, -0.25) is 9.59 Å². The van der Waals surface area contributed by atoms with E-state index in [0.717, 1.165) is 10.6 Å². The molecule has 2 aromatic rings. The molecule has 4 nitrogen and oxygen atoms in total. The quantitative estimate of drug-likeness (QED) is 0.837. The van der Waals surface area contributed by atoms with Crippen molar-refractivity contribution in [2.75, 3.05) is 25.2 Å². The minimum Gasteiger partial charge on any atom is -0.332 e. The molecule has 2 amide bonds. The van der Waals surface area contributed by atoms with E-state index in [2.05, 4.69) is 5.32 Å². The lowest BCUT2D eigenvalue weighted by Gasteiger charge is -2.17. The largest absolute Gasteiger partial charge is 0.332 e. The van der Waals surface area contributed by atoms with Crippen molar-refractivity contribution in [3.63, 3.8) is 0 Å². The Morgan fingerprint density at radius 3 is 2.61 bits per heavy atom. The summed E-state index contributed by atoms with van der Waals surface area (Å²) < 4.78 is 0. The van der Waals surface area contributed by atoms with Crippen LogP contribution in [0.25, 0.3) is 0 Å². The molecule has 23 heavy (non-hydrogen) atoms. The fraction of sp³-hybridized carbons (Fsp3) is 0.176. The molecule has 0 heterocycles. The molecule has 0 aliphatic rings. The first kappa shape index (κ1) is 17.4. The highest BCUT2D eigenvalue weighted by atomic mass is 35.5. The maximum absolute atomic E-state index is 12.3. The minimum absolute atomic E-state index is 0.0337. The number of hydrogen-bond donors (Lipinski definition) is 1. The van der Waals surface area contributed by atoms with Crippen molar-refractivity contribution in [3.05, 3.63) is 59.1 Å². The van der Waals surface area contributed by atoms with Crippen LogP contribution in [-0.4, -0.2) is 36.6 Å². The predicted molar refractivity (Wildman–Crippen MR) is 95.3 cm³/mol. The average molecular weight is 349 g/mol. The van der Waals surface area contributed by atoms with Gasteiger partial charge in [-0.05, 0) is 36.6 Å². The van der Waals surface area contributed by atoms with Crippen molar-refractivity contribution >= 4 is 40.9 Å². The number of likely N-dealkylation sites (N-methyl/N-ethyl adjacent to an activating group) is 1. The third kappa shape index (κ3) is 4.74. The van der Waals surface area contributed by atoms with Crippen LogP contribution in [0.3, 0.4) is 0 Å². The maximum atomic E-state index is 12.3. The molecule has 0 aliphatic carbocycles. The first-order valence-corrected chi connectivity index (χ1v) is 8.55. The summed E-state index contributed by atoms with van der Waals surface area (Å²) in [4.78, 5) is 26.8. The third-order valence-corrected chi connectivity index (χ3v) is 4.21. The number of anilines is 1. The van der Waals surface area contributed by atoms with E-state index in [9.17, 15) is 9.59 Å². The summed E-state index contributed by atoms with van der Waals surface area (Å²) in [7, 11) is 1.59. The molecule has 0 saturated carbocycles. The Morgan fingerprint density at radius 2 is 1.91 bits per heavy atom. The molecule has 0 aliphatic heterocycles. The maximum Gasteiger partial charge on any atom is 0.254 e. The number of amides is 2. The molecule has 6 heteroatoms. The summed E-state index contributed by atoms with van der Waals surface area (Å²) in [6.45, 7) is -0.0337. The summed E-state index contributed by atoms with van der Waals surface area (Å²) in [5, 5.41) is 3.32. The highest BCUT2D eigenvalue weighted by Crippen LogP contribution is 2.24. The van der Waals surface area contributed by atoms with Gasteiger partial charge in [0, 0.05) is 22.5 Å². The van der Waals surface area contributed by atoms with E-state index in [1.165, 1.54) is 4.90 Å². The number of thioether (sulfide) groups is 1. The lowest BCUT2D eigenvalue weighted by atomic mass is 10.2. The van der Waals surface area contributed by atoms with Gasteiger partial charge >= 0.3 is 0 Å². The van der Waals surface area contributed by atoms with Crippen LogP contribution in [-0.2, 0) is 4.79 Å². The second-order valence-corrected chi connectivity index (χ2v) is 6.20. The number of benzene rings is 2. The summed E-state index contributed by atoms with van der Waals surface area (Å²) in [6, 6.07) is 14.2. The van der Waals surface area contributed by atoms with Gasteiger partial charge in [0.15, 0.2) is 0 Å². The second kappa shape index (κ2) is 8.04. The van der Waals surface area contributed by atoms with Crippen molar-refractivity contribution < 1.29 is 9.59 Å². The molecule has 0 saturated heterocycles. The first-order valence-electron chi connectivity index (χ1n) is 6.95. The van der Waals surface area contributed by atoms with Gasteiger partial charge in [0.05, 0.1) is 12.2 Å². The molecule has 0 unspecified atom stereocenters. The number of nitrogens with zero attached hydrogens (tertiary/aromatic N) is 1. The van der Waals surface area contributed by atoms with E-state index >= 15 is 0 Å². The van der Waals surface area contributed by atoms with Gasteiger partial charge in [-0.15, -0.1) is 11.8 Å². The Labute approximate surface area is 144 Å². The topological polar surface area (TPSA) is 49.4 Å². The van der Waals surface area contributed by atoms with Gasteiger partial charge in [-0.1, -0.05) is 29.8 Å². The smallest absolute Gasteiger partial charge is 0.254 e. The van der Waals surface area contributed by atoms with Gasteiger partial charge in [0.25, 0.3) is 5.91 Å². The lowest BCUT2D eigenvalue weighted by Crippen LogP contribution is -2.35. The molecule has 2 aromatic carbocycles. The Morgan fingerprint density at radius 1 is 1.17 bits per heavy atom. The van der Waals surface area contributed by atoms with Gasteiger partial charge in [-0.25, -0.2) is 0 Å². The Bertz CT molecular complexity index is 721. The minimum atomic E-state index is -0.249. The molecule has 0 radical (unpaired) electrons. The van der Waals surface area contributed by atoms with E-state index in [-0.39, 0.29) is 18.4 Å². The molecule has 120 valence electrons. The van der Waals surface area contributed by atoms with Crippen LogP contribution in [0.5, 0.6) is 0 Å². The van der Waals surface area contributed by atoms with Gasteiger partial charge < -0.3 is 10.2 Å². The number of halogens is 1. The normalized spacial score (nSPS) is 10.2. The first-order chi connectivity index (χ1) is 11.0. The Balaban J connectivity index is 2.01. The van der Waals surface area contributed by atoms with Gasteiger partial charge in [0.1, 0.15) is 0 Å². The fourth-order valence-electron chi connectivity index (χ4n) is 2.07. The van der Waals surface area contributed by atoms with Crippen LogP contribution in [0.1, 0.15) is 10.4 Å². The second-order valence-electron chi connectivity index (χ2n) is 4.92. The van der Waals surface area contributed by atoms with Crippen molar-refractivity contribution in [1.82, 2.24) is 4.90 Å². The Hall–Kier alpha value is -1.98. The number of nitrogens with one attached hydrogen (secondary N) is 1. The van der Waals surface area contributed by atoms with Crippen LogP contribution >= 0.6 is 23.4 Å². The number of rotatable bonds is 5. The van der Waals surface area contributed by atoms with Crippen LogP contribution < -0.4 is 5.32 Å². The Kier molecular flexibility index (Phi) is 6.07. The zero-order valence-electron chi connectivity index (χ0n) is 12.9. The van der Waals surface area contributed by atoms with Crippen LogP contribution in [0, 0.1) is 0 Å². The molecule has 2 rings (SSSR count). The number of hydrogen-bond acceptors (Lipinski definition) is 3. The van der Waals surface area contributed by atoms with Crippen molar-refractivity contribution in [2.45, 2.75) is 4.90 Å². The number of carbonyl (C=O) groups is 2. The van der Waals surface area contributed by atoms with Crippen molar-refractivity contribution in [3.8, 4) is 0 Å². The molecule has 0 spiro atoms. The summed E-state index contributed by atoms with van der Waals surface area (Å²) in [6.07, 6.45) is 1.94. The molecule has 0 atom stereocenters. The highest BCUT2D eigenvalue weighted by molar-refractivity contribution is 7.98. The van der Waals surface area contributed by atoms with Crippen LogP contribution in [0.15, 0.2) is 53.4 Å². The van der Waals surface area contributed by atoms with E-state index < -0.39 is 0 Å². The van der Waals surface area contributed by atoms with E-state index in [4.69, 9.17) is 11.6 Å². The zero-order valence-corrected chi connectivity index (χ0v) is 14.4. The predicted octanol–water partition coefficient (Wildman–Crippen LogP) is 3.77. The van der Waals surface area contributed by atoms with E-state index in [1.807, 2.05) is 30.5 Å². The summed E-state index contributed by atoms with van der Waals surface area (Å²) >= 11 is 7.44. The van der Waals surface area contributed by atoms with Crippen molar-refractivity contribution in [2.24, 2.45) is 0 Å². The molecule has 0 bridgehead atoms. The van der Waals surface area contributed by atoms with E-state index in [1.54, 1.807) is 43.1 Å². The number of carbonyl (C=O) groups excluding carboxylic acids is 2. The van der Waals surface area contributed by atoms with E-state index in [0.29, 0.717) is 10.6 Å². The SMILES string of the molecule is CSc1ccccc1NC(=O)CN(C)C(=O)c1cccc(Cl)c1. The molecule has 1 N–H and O–H groups in total. The molecular weight excluding hydrogens is 332 g/mol. The summed E-state index contributed by atoms with van der Waals surface area (Å²) in [5.74, 6) is -0.495. The molecule has 0 fully saturated rings. The van der Waals surface area contributed by atoms with Gasteiger partial charge in [-0.2, -0.15) is 0 Å². The lowest BCUT2D eigenvalue weighted by molar-refractivity contribution is -0.116. The molecular formula is C17H17ClN2O2S. The highest BCUT2D eigenvalue weighted by Gasteiger charge is 2.16.